The molecule has 0 aromatic heterocycles. The lowest BCUT2D eigenvalue weighted by Crippen LogP contribution is -2.45. The Bertz CT molecular complexity index is 639. The summed E-state index contributed by atoms with van der Waals surface area (Å²) in [5.74, 6) is -0.169. The first-order chi connectivity index (χ1) is 12.2. The van der Waals surface area contributed by atoms with Gasteiger partial charge in [0.05, 0.1) is 0 Å². The maximum Gasteiger partial charge on any atom is 0.334 e. The van der Waals surface area contributed by atoms with Crippen molar-refractivity contribution in [1.29, 1.82) is 0 Å². The van der Waals surface area contributed by atoms with Gasteiger partial charge in [-0.1, -0.05) is 43.2 Å². The molecule has 0 saturated carbocycles. The molecule has 0 saturated heterocycles. The van der Waals surface area contributed by atoms with Crippen molar-refractivity contribution in [3.05, 3.63) is 34.9 Å². The molecule has 2 aliphatic rings. The molecule has 2 rings (SSSR count). The van der Waals surface area contributed by atoms with Crippen molar-refractivity contribution in [3.63, 3.8) is 0 Å². The molecule has 0 fully saturated rings. The maximum atomic E-state index is 12.7. The molecule has 26 heavy (non-hydrogen) atoms. The van der Waals surface area contributed by atoms with Crippen LogP contribution in [0.4, 0.5) is 0 Å². The predicted molar refractivity (Wildman–Crippen MR) is 103 cm³/mol. The molecule has 2 bridgehead atoms. The van der Waals surface area contributed by atoms with Crippen LogP contribution >= 0.6 is 0 Å². The fourth-order valence-corrected chi connectivity index (χ4v) is 3.60. The van der Waals surface area contributed by atoms with Gasteiger partial charge < -0.3 is 9.47 Å². The lowest BCUT2D eigenvalue weighted by molar-refractivity contribution is -0.181. The van der Waals surface area contributed by atoms with E-state index in [-0.39, 0.29) is 11.9 Å². The number of fused-ring (bicyclic) bond motifs is 3. The molecule has 0 aromatic rings. The largest absolute Gasteiger partial charge is 0.458 e. The molecule has 0 radical (unpaired) electrons. The zero-order chi connectivity index (χ0) is 19.3. The Hall–Kier alpha value is -1.84. The Morgan fingerprint density at radius 2 is 2.00 bits per heavy atom. The second-order valence-electron chi connectivity index (χ2n) is 8.02. The second kappa shape index (κ2) is 8.70. The Labute approximate surface area is 157 Å². The molecular weight excluding hydrogens is 328 g/mol. The third-order valence-corrected chi connectivity index (χ3v) is 5.42. The van der Waals surface area contributed by atoms with E-state index >= 15 is 0 Å². The van der Waals surface area contributed by atoms with Crippen LogP contribution in [0.1, 0.15) is 73.1 Å². The molecule has 0 N–H and O–H groups in total. The van der Waals surface area contributed by atoms with Crippen LogP contribution in [0, 0.1) is 5.92 Å². The summed E-state index contributed by atoms with van der Waals surface area (Å²) in [7, 11) is 0. The fraction of sp³-hybridized carbons (Fsp3) is 0.636. The van der Waals surface area contributed by atoms with Crippen LogP contribution in [0.25, 0.3) is 0 Å². The lowest BCUT2D eigenvalue weighted by Gasteiger charge is -2.35. The zero-order valence-electron chi connectivity index (χ0n) is 16.8. The first-order valence-corrected chi connectivity index (χ1v) is 9.67. The molecule has 144 valence electrons. The number of allylic oxidation sites excluding steroid dienone is 5. The summed E-state index contributed by atoms with van der Waals surface area (Å²) in [5, 5.41) is 0. The van der Waals surface area contributed by atoms with E-state index in [1.807, 2.05) is 13.0 Å². The summed E-state index contributed by atoms with van der Waals surface area (Å²) < 4.78 is 11.5. The van der Waals surface area contributed by atoms with Crippen molar-refractivity contribution >= 4 is 11.9 Å². The predicted octanol–water partition coefficient (Wildman–Crippen LogP) is 5.04. The summed E-state index contributed by atoms with van der Waals surface area (Å²) in [5.41, 5.74) is 2.52. The van der Waals surface area contributed by atoms with Crippen molar-refractivity contribution in [2.45, 2.75) is 84.8 Å². The zero-order valence-corrected chi connectivity index (χ0v) is 16.8. The topological polar surface area (TPSA) is 52.6 Å². The molecule has 2 atom stereocenters. The molecule has 1 unspecified atom stereocenters. The summed E-state index contributed by atoms with van der Waals surface area (Å²) in [6, 6.07) is 0. The van der Waals surface area contributed by atoms with Gasteiger partial charge >= 0.3 is 11.9 Å². The quantitative estimate of drug-likeness (QED) is 0.647. The van der Waals surface area contributed by atoms with Gasteiger partial charge in [-0.2, -0.15) is 0 Å². The fourth-order valence-electron chi connectivity index (χ4n) is 3.60. The molecule has 0 aliphatic carbocycles. The Balaban J connectivity index is 2.38. The molecule has 4 nitrogen and oxygen atoms in total. The van der Waals surface area contributed by atoms with Crippen LogP contribution in [0.3, 0.4) is 0 Å². The normalized spacial score (nSPS) is 31.8. The maximum absolute atomic E-state index is 12.7. The number of carbonyl (C=O) groups excluding carboxylic acids is 2. The van der Waals surface area contributed by atoms with Gasteiger partial charge in [-0.15, -0.1) is 0 Å². The van der Waals surface area contributed by atoms with Gasteiger partial charge in [-0.3, -0.25) is 4.79 Å². The Morgan fingerprint density at radius 1 is 1.27 bits per heavy atom. The molecular formula is C22H32O4. The van der Waals surface area contributed by atoms with Crippen LogP contribution in [0.2, 0.25) is 0 Å². The number of ether oxygens (including phenoxy) is 2. The summed E-state index contributed by atoms with van der Waals surface area (Å²) in [6.07, 6.45) is 10.3. The number of hydrogen-bond acceptors (Lipinski definition) is 4. The number of carbonyl (C=O) groups is 2. The lowest BCUT2D eigenvalue weighted by atomic mass is 9.88. The first-order valence-electron chi connectivity index (χ1n) is 9.67. The highest BCUT2D eigenvalue weighted by Gasteiger charge is 2.41. The minimum atomic E-state index is -0.788. The minimum absolute atomic E-state index is 0.269. The minimum Gasteiger partial charge on any atom is -0.458 e. The van der Waals surface area contributed by atoms with E-state index in [9.17, 15) is 9.59 Å². The highest BCUT2D eigenvalue weighted by molar-refractivity contribution is 5.89. The summed E-state index contributed by atoms with van der Waals surface area (Å²) >= 11 is 0. The van der Waals surface area contributed by atoms with Crippen molar-refractivity contribution in [2.24, 2.45) is 5.92 Å². The van der Waals surface area contributed by atoms with Gasteiger partial charge in [0.1, 0.15) is 11.7 Å². The molecule has 0 spiro atoms. The van der Waals surface area contributed by atoms with Crippen molar-refractivity contribution < 1.29 is 19.1 Å². The first kappa shape index (κ1) is 20.5. The van der Waals surface area contributed by atoms with E-state index in [2.05, 4.69) is 32.9 Å². The average molecular weight is 360 g/mol. The van der Waals surface area contributed by atoms with Gasteiger partial charge in [0.25, 0.3) is 0 Å². The third-order valence-electron chi connectivity index (χ3n) is 5.42. The highest BCUT2D eigenvalue weighted by atomic mass is 16.6. The van der Waals surface area contributed by atoms with Crippen LogP contribution in [0.5, 0.6) is 0 Å². The van der Waals surface area contributed by atoms with Crippen LogP contribution in [-0.4, -0.2) is 23.6 Å². The van der Waals surface area contributed by atoms with Gasteiger partial charge in [-0.05, 0) is 58.3 Å². The smallest absolute Gasteiger partial charge is 0.334 e. The van der Waals surface area contributed by atoms with E-state index < -0.39 is 11.7 Å². The number of esters is 2. The van der Waals surface area contributed by atoms with Gasteiger partial charge in [0, 0.05) is 12.5 Å². The summed E-state index contributed by atoms with van der Waals surface area (Å²) in [4.78, 5) is 24.3. The molecule has 0 aromatic carbocycles. The van der Waals surface area contributed by atoms with Crippen LogP contribution in [-0.2, 0) is 19.1 Å². The number of hydrogen-bond donors (Lipinski definition) is 0. The average Bonchev–Trinajstić information content (AvgIpc) is 2.68. The van der Waals surface area contributed by atoms with E-state index in [1.54, 1.807) is 0 Å². The molecule has 2 heterocycles. The molecule has 2 aliphatic heterocycles. The highest BCUT2D eigenvalue weighted by Crippen LogP contribution is 2.34. The SMILES string of the molecule is CC(=O)O[C@@H]1CC/C(C)=C/C=C(/C(C)C)CCC2=CCCC1(C)OC2=O. The van der Waals surface area contributed by atoms with Crippen molar-refractivity contribution in [1.82, 2.24) is 0 Å². The second-order valence-corrected chi connectivity index (χ2v) is 8.02. The van der Waals surface area contributed by atoms with Gasteiger partial charge in [0.2, 0.25) is 0 Å². The van der Waals surface area contributed by atoms with E-state index in [0.717, 1.165) is 24.8 Å². The Kier molecular flexibility index (Phi) is 6.85. The standard InChI is InChI=1S/C22H32O4/c1-15(2)18-10-8-16(3)9-13-20(25-17(4)23)22(5)14-6-7-19(12-11-18)21(24)26-22/h7-8,10,15,20H,6,9,11-14H2,1-5H3/b16-8+,18-10+/t20-,22?/m1/s1. The van der Waals surface area contributed by atoms with Crippen LogP contribution in [0.15, 0.2) is 34.9 Å². The van der Waals surface area contributed by atoms with Crippen molar-refractivity contribution in [3.8, 4) is 0 Å². The van der Waals surface area contributed by atoms with Crippen LogP contribution < -0.4 is 0 Å². The molecule has 0 amide bonds. The van der Waals surface area contributed by atoms with E-state index in [4.69, 9.17) is 9.47 Å². The van der Waals surface area contributed by atoms with Gasteiger partial charge in [-0.25, -0.2) is 4.79 Å². The number of rotatable bonds is 2. The monoisotopic (exact) mass is 360 g/mol. The van der Waals surface area contributed by atoms with E-state index in [0.29, 0.717) is 25.2 Å². The Morgan fingerprint density at radius 3 is 2.65 bits per heavy atom. The molecule has 4 heteroatoms. The third kappa shape index (κ3) is 5.33. The van der Waals surface area contributed by atoms with Gasteiger partial charge in [0.15, 0.2) is 0 Å². The summed E-state index contributed by atoms with van der Waals surface area (Å²) in [6.45, 7) is 9.76. The van der Waals surface area contributed by atoms with Crippen molar-refractivity contribution in [2.75, 3.05) is 0 Å². The van der Waals surface area contributed by atoms with E-state index in [1.165, 1.54) is 18.1 Å².